The summed E-state index contributed by atoms with van der Waals surface area (Å²) in [6, 6.07) is 16.3. The Bertz CT molecular complexity index is 1250. The zero-order chi connectivity index (χ0) is 23.4. The Morgan fingerprint density at radius 3 is 2.58 bits per heavy atom. The molecule has 1 heterocycles. The van der Waals surface area contributed by atoms with Gasteiger partial charge in [-0.15, -0.1) is 0 Å². The van der Waals surface area contributed by atoms with Crippen molar-refractivity contribution in [2.75, 3.05) is 6.61 Å². The number of phenols is 1. The number of aromatic hydroxyl groups is 1. The average molecular weight is 446 g/mol. The van der Waals surface area contributed by atoms with Gasteiger partial charge in [0.1, 0.15) is 5.82 Å². The number of nitrogens with one attached hydrogen (secondary N) is 2. The van der Waals surface area contributed by atoms with Crippen molar-refractivity contribution in [2.24, 2.45) is 0 Å². The van der Waals surface area contributed by atoms with E-state index in [1.165, 1.54) is 18.3 Å². The minimum Gasteiger partial charge on any atom is -0.504 e. The van der Waals surface area contributed by atoms with Gasteiger partial charge in [-0.1, -0.05) is 31.2 Å². The molecule has 1 aliphatic heterocycles. The third-order valence-corrected chi connectivity index (χ3v) is 5.22. The van der Waals surface area contributed by atoms with Crippen LogP contribution in [0.15, 0.2) is 66.9 Å². The van der Waals surface area contributed by atoms with Crippen LogP contribution >= 0.6 is 0 Å². The molecule has 0 aliphatic carbocycles. The highest BCUT2D eigenvalue weighted by atomic mass is 19.1. The molecule has 3 aromatic carbocycles. The van der Waals surface area contributed by atoms with Crippen LogP contribution in [-0.2, 0) is 11.3 Å². The molecular formula is C26H23FN2O4. The van der Waals surface area contributed by atoms with Crippen LogP contribution in [-0.4, -0.2) is 23.5 Å². The second-order valence-electron chi connectivity index (χ2n) is 7.64. The van der Waals surface area contributed by atoms with E-state index in [1.54, 1.807) is 42.5 Å². The van der Waals surface area contributed by atoms with E-state index < -0.39 is 11.8 Å². The van der Waals surface area contributed by atoms with E-state index in [0.29, 0.717) is 41.2 Å². The Morgan fingerprint density at radius 2 is 1.82 bits per heavy atom. The van der Waals surface area contributed by atoms with Crippen LogP contribution in [0.3, 0.4) is 0 Å². The Hall–Kier alpha value is -4.13. The first-order chi connectivity index (χ1) is 16.0. The third-order valence-electron chi connectivity index (χ3n) is 5.22. The van der Waals surface area contributed by atoms with Gasteiger partial charge >= 0.3 is 0 Å². The van der Waals surface area contributed by atoms with Crippen molar-refractivity contribution in [3.05, 3.63) is 89.4 Å². The first-order valence-electron chi connectivity index (χ1n) is 10.6. The number of carbonyl (C=O) groups is 2. The standard InChI is InChI=1S/C26H23FN2O4/c1-2-10-33-24-9-6-16(11-23(24)30)14-28-15-22-21-13-18(17-4-3-5-19(27)12-17)7-8-20(21)25(31)29-26(22)32/h3-9,11-13,15,28,30H,2,10,14H2,1H3,(H,29,31,32). The van der Waals surface area contributed by atoms with Crippen LogP contribution in [0.5, 0.6) is 11.5 Å². The quantitative estimate of drug-likeness (QED) is 0.370. The molecule has 0 atom stereocenters. The highest BCUT2D eigenvalue weighted by molar-refractivity contribution is 6.31. The molecule has 0 saturated heterocycles. The number of halogens is 1. The molecule has 0 bridgehead atoms. The monoisotopic (exact) mass is 446 g/mol. The summed E-state index contributed by atoms with van der Waals surface area (Å²) in [5, 5.41) is 15.5. The zero-order valence-corrected chi connectivity index (χ0v) is 18.0. The molecule has 168 valence electrons. The maximum absolute atomic E-state index is 13.7. The summed E-state index contributed by atoms with van der Waals surface area (Å²) in [5.41, 5.74) is 3.23. The lowest BCUT2D eigenvalue weighted by Gasteiger charge is -2.19. The molecule has 2 amide bonds. The second-order valence-corrected chi connectivity index (χ2v) is 7.64. The van der Waals surface area contributed by atoms with Crippen molar-refractivity contribution < 1.29 is 23.8 Å². The van der Waals surface area contributed by atoms with Gasteiger partial charge in [-0.05, 0) is 59.5 Å². The highest BCUT2D eigenvalue weighted by Gasteiger charge is 2.27. The molecule has 0 saturated carbocycles. The van der Waals surface area contributed by atoms with Crippen molar-refractivity contribution in [2.45, 2.75) is 19.9 Å². The number of imide groups is 1. The third kappa shape index (κ3) is 4.87. The predicted molar refractivity (Wildman–Crippen MR) is 123 cm³/mol. The SMILES string of the molecule is CCCOc1ccc(CNC=C2C(=O)NC(=O)c3ccc(-c4cccc(F)c4)cc32)cc1O. The van der Waals surface area contributed by atoms with Crippen molar-refractivity contribution in [1.29, 1.82) is 0 Å². The lowest BCUT2D eigenvalue weighted by atomic mass is 9.91. The first-order valence-corrected chi connectivity index (χ1v) is 10.6. The zero-order valence-electron chi connectivity index (χ0n) is 18.0. The van der Waals surface area contributed by atoms with Gasteiger partial charge in [-0.3, -0.25) is 14.9 Å². The molecule has 6 nitrogen and oxygen atoms in total. The topological polar surface area (TPSA) is 87.7 Å². The predicted octanol–water partition coefficient (Wildman–Crippen LogP) is 4.39. The number of fused-ring (bicyclic) bond motifs is 1. The van der Waals surface area contributed by atoms with E-state index in [4.69, 9.17) is 4.74 Å². The number of carbonyl (C=O) groups excluding carboxylic acids is 2. The lowest BCUT2D eigenvalue weighted by molar-refractivity contribution is -0.114. The highest BCUT2D eigenvalue weighted by Crippen LogP contribution is 2.30. The van der Waals surface area contributed by atoms with Gasteiger partial charge in [-0.2, -0.15) is 0 Å². The summed E-state index contributed by atoms with van der Waals surface area (Å²) in [6.07, 6.45) is 2.37. The van der Waals surface area contributed by atoms with Gasteiger partial charge in [0.15, 0.2) is 11.5 Å². The lowest BCUT2D eigenvalue weighted by Crippen LogP contribution is -2.37. The number of hydrogen-bond acceptors (Lipinski definition) is 5. The molecule has 7 heteroatoms. The minimum atomic E-state index is -0.525. The van der Waals surface area contributed by atoms with E-state index in [2.05, 4.69) is 10.6 Å². The van der Waals surface area contributed by atoms with Gasteiger partial charge in [0, 0.05) is 23.9 Å². The maximum Gasteiger partial charge on any atom is 0.260 e. The van der Waals surface area contributed by atoms with Crippen LogP contribution in [0.4, 0.5) is 4.39 Å². The van der Waals surface area contributed by atoms with Gasteiger partial charge in [-0.25, -0.2) is 4.39 Å². The summed E-state index contributed by atoms with van der Waals surface area (Å²) in [6.45, 7) is 2.84. The van der Waals surface area contributed by atoms with Crippen LogP contribution in [0.25, 0.3) is 16.7 Å². The molecule has 0 spiro atoms. The number of ether oxygens (including phenoxy) is 1. The van der Waals surface area contributed by atoms with Crippen LogP contribution < -0.4 is 15.4 Å². The molecule has 0 aromatic heterocycles. The molecule has 3 N–H and O–H groups in total. The summed E-state index contributed by atoms with van der Waals surface area (Å²) in [7, 11) is 0. The summed E-state index contributed by atoms with van der Waals surface area (Å²) in [4.78, 5) is 24.9. The summed E-state index contributed by atoms with van der Waals surface area (Å²) < 4.78 is 19.1. The molecule has 33 heavy (non-hydrogen) atoms. The largest absolute Gasteiger partial charge is 0.504 e. The van der Waals surface area contributed by atoms with Gasteiger partial charge < -0.3 is 15.2 Å². The molecule has 4 rings (SSSR count). The van der Waals surface area contributed by atoms with E-state index in [0.717, 1.165) is 12.0 Å². The number of phenolic OH excluding ortho intramolecular Hbond substituents is 1. The fourth-order valence-corrected chi connectivity index (χ4v) is 3.59. The summed E-state index contributed by atoms with van der Waals surface area (Å²) >= 11 is 0. The molecule has 3 aromatic rings. The van der Waals surface area contributed by atoms with Crippen LogP contribution in [0.2, 0.25) is 0 Å². The van der Waals surface area contributed by atoms with Gasteiger partial charge in [0.25, 0.3) is 11.8 Å². The van der Waals surface area contributed by atoms with Crippen molar-refractivity contribution in [1.82, 2.24) is 10.6 Å². The Balaban J connectivity index is 1.58. The first kappa shape index (κ1) is 22.1. The normalized spacial score (nSPS) is 14.1. The van der Waals surface area contributed by atoms with E-state index in [9.17, 15) is 19.1 Å². The van der Waals surface area contributed by atoms with E-state index >= 15 is 0 Å². The van der Waals surface area contributed by atoms with E-state index in [-0.39, 0.29) is 17.1 Å². The molecule has 0 unspecified atom stereocenters. The molecular weight excluding hydrogens is 423 g/mol. The van der Waals surface area contributed by atoms with Crippen LogP contribution in [0.1, 0.15) is 34.8 Å². The number of hydrogen-bond donors (Lipinski definition) is 3. The van der Waals surface area contributed by atoms with Gasteiger partial charge in [0.2, 0.25) is 0 Å². The fourth-order valence-electron chi connectivity index (χ4n) is 3.59. The molecule has 0 radical (unpaired) electrons. The van der Waals surface area contributed by atoms with Crippen molar-refractivity contribution >= 4 is 17.4 Å². The van der Waals surface area contributed by atoms with Crippen LogP contribution in [0, 0.1) is 5.82 Å². The number of amides is 2. The van der Waals surface area contributed by atoms with Crippen molar-refractivity contribution in [3.63, 3.8) is 0 Å². The Morgan fingerprint density at radius 1 is 1.00 bits per heavy atom. The Kier molecular flexibility index (Phi) is 6.40. The molecule has 1 aliphatic rings. The van der Waals surface area contributed by atoms with Gasteiger partial charge in [0.05, 0.1) is 12.2 Å². The number of benzene rings is 3. The fraction of sp³-hybridized carbons (Fsp3) is 0.154. The minimum absolute atomic E-state index is 0.0430. The smallest absolute Gasteiger partial charge is 0.260 e. The molecule has 0 fully saturated rings. The number of rotatable bonds is 7. The Labute approximate surface area is 190 Å². The average Bonchev–Trinajstić information content (AvgIpc) is 2.80. The maximum atomic E-state index is 13.7. The summed E-state index contributed by atoms with van der Waals surface area (Å²) in [5.74, 6) is -0.914. The second kappa shape index (κ2) is 9.56. The van der Waals surface area contributed by atoms with E-state index in [1.807, 2.05) is 13.0 Å². The van der Waals surface area contributed by atoms with Crippen molar-refractivity contribution in [3.8, 4) is 22.6 Å².